The van der Waals surface area contributed by atoms with Crippen LogP contribution in [0.1, 0.15) is 10.4 Å². The number of benzene rings is 3. The SMILES string of the molecule is O=C(O)c1ccccc1-c1c2ccc(=O)c(Br)c-2oc2c(Br)c([O-])ccc12. The van der Waals surface area contributed by atoms with Crippen molar-refractivity contribution in [2.24, 2.45) is 0 Å². The first-order chi connectivity index (χ1) is 12.9. The highest BCUT2D eigenvalue weighted by atomic mass is 79.9. The third-order valence-corrected chi connectivity index (χ3v) is 5.79. The van der Waals surface area contributed by atoms with E-state index >= 15 is 0 Å². The molecular weight excluding hydrogens is 480 g/mol. The second-order valence-corrected chi connectivity index (χ2v) is 7.42. The van der Waals surface area contributed by atoms with Gasteiger partial charge in [-0.2, -0.15) is 0 Å². The minimum atomic E-state index is -1.08. The van der Waals surface area contributed by atoms with Gasteiger partial charge in [0.25, 0.3) is 0 Å². The smallest absolute Gasteiger partial charge is 0.336 e. The Morgan fingerprint density at radius 3 is 2.44 bits per heavy atom. The molecule has 0 atom stereocenters. The zero-order valence-electron chi connectivity index (χ0n) is 13.5. The lowest BCUT2D eigenvalue weighted by Crippen LogP contribution is -2.05. The molecule has 0 saturated heterocycles. The van der Waals surface area contributed by atoms with Gasteiger partial charge in [-0.05, 0) is 55.6 Å². The van der Waals surface area contributed by atoms with Crippen molar-refractivity contribution in [2.75, 3.05) is 0 Å². The number of rotatable bonds is 2. The second kappa shape index (κ2) is 6.51. The molecule has 0 aromatic heterocycles. The fourth-order valence-electron chi connectivity index (χ4n) is 3.09. The summed E-state index contributed by atoms with van der Waals surface area (Å²) < 4.78 is 6.31. The van der Waals surface area contributed by atoms with Crippen LogP contribution in [0.25, 0.3) is 33.4 Å². The van der Waals surface area contributed by atoms with Crippen molar-refractivity contribution in [1.29, 1.82) is 0 Å². The van der Waals surface area contributed by atoms with E-state index in [0.29, 0.717) is 22.1 Å². The van der Waals surface area contributed by atoms with Crippen LogP contribution in [0.3, 0.4) is 0 Å². The number of carboxylic acids is 1. The molecule has 5 nitrogen and oxygen atoms in total. The number of hydrogen-bond acceptors (Lipinski definition) is 4. The molecule has 2 aromatic carbocycles. The molecule has 0 fully saturated rings. The zero-order chi connectivity index (χ0) is 19.3. The summed E-state index contributed by atoms with van der Waals surface area (Å²) in [5.41, 5.74) is 1.68. The quantitative estimate of drug-likeness (QED) is 0.407. The van der Waals surface area contributed by atoms with Gasteiger partial charge in [0, 0.05) is 16.5 Å². The van der Waals surface area contributed by atoms with Crippen LogP contribution in [0.2, 0.25) is 0 Å². The average molecular weight is 489 g/mol. The number of hydrogen-bond donors (Lipinski definition) is 1. The first-order valence-corrected chi connectivity index (χ1v) is 9.36. The Balaban J connectivity index is 2.29. The molecule has 1 aliphatic carbocycles. The summed E-state index contributed by atoms with van der Waals surface area (Å²) in [6, 6.07) is 12.5. The van der Waals surface area contributed by atoms with E-state index in [1.807, 2.05) is 0 Å². The van der Waals surface area contributed by atoms with Gasteiger partial charge in [-0.1, -0.05) is 36.1 Å². The number of carboxylic acid groups (broad SMARTS) is 1. The van der Waals surface area contributed by atoms with E-state index in [0.717, 1.165) is 0 Å². The lowest BCUT2D eigenvalue weighted by molar-refractivity contribution is -0.269. The largest absolute Gasteiger partial charge is 0.872 e. The maximum atomic E-state index is 12.1. The Kier molecular flexibility index (Phi) is 4.28. The Morgan fingerprint density at radius 2 is 1.70 bits per heavy atom. The van der Waals surface area contributed by atoms with Crippen molar-refractivity contribution in [3.8, 4) is 28.2 Å². The summed E-state index contributed by atoms with van der Waals surface area (Å²) in [6.07, 6.45) is 0. The molecule has 7 heteroatoms. The zero-order valence-corrected chi connectivity index (χ0v) is 16.6. The molecule has 0 saturated carbocycles. The minimum absolute atomic E-state index is 0.107. The standard InChI is InChI=1S/C20H10Br2O5/c21-16-13(23)7-5-11-15(9-3-1-2-4-10(9)20(25)26)12-6-8-14(24)17(22)19(12)27-18(11)16/h1-8,23H,(H,25,26)/p-1. The average Bonchev–Trinajstić information content (AvgIpc) is 2.66. The van der Waals surface area contributed by atoms with Gasteiger partial charge in [0.15, 0.2) is 11.2 Å². The molecule has 0 bridgehead atoms. The number of carbonyl (C=O) groups is 1. The molecule has 0 spiro atoms. The molecule has 1 N–H and O–H groups in total. The van der Waals surface area contributed by atoms with Crippen LogP contribution in [-0.2, 0) is 0 Å². The normalized spacial score (nSPS) is 11.2. The summed E-state index contributed by atoms with van der Waals surface area (Å²) in [5.74, 6) is -1.11. The summed E-state index contributed by atoms with van der Waals surface area (Å²) in [4.78, 5) is 23.8. The number of fused-ring (bicyclic) bond motifs is 2. The Labute approximate surface area is 169 Å². The molecule has 0 unspecified atom stereocenters. The fraction of sp³-hybridized carbons (Fsp3) is 0. The van der Waals surface area contributed by atoms with Crippen LogP contribution in [0.4, 0.5) is 0 Å². The maximum absolute atomic E-state index is 12.1. The van der Waals surface area contributed by atoms with Gasteiger partial charge in [0.05, 0.1) is 10.0 Å². The molecule has 0 amide bonds. The molecular formula is C20H9Br2O5-. The number of aromatic carboxylic acids is 1. The monoisotopic (exact) mass is 487 g/mol. The molecule has 27 heavy (non-hydrogen) atoms. The first kappa shape index (κ1) is 17.8. The van der Waals surface area contributed by atoms with Crippen LogP contribution in [0.5, 0.6) is 5.75 Å². The summed E-state index contributed by atoms with van der Waals surface area (Å²) in [7, 11) is 0. The van der Waals surface area contributed by atoms with Crippen molar-refractivity contribution in [3.63, 3.8) is 0 Å². The van der Waals surface area contributed by atoms with Crippen LogP contribution < -0.4 is 10.5 Å². The van der Waals surface area contributed by atoms with Crippen molar-refractivity contribution < 1.29 is 19.4 Å². The molecule has 134 valence electrons. The lowest BCUT2D eigenvalue weighted by atomic mass is 9.91. The molecule has 2 aliphatic rings. The summed E-state index contributed by atoms with van der Waals surface area (Å²) >= 11 is 6.50. The number of halogens is 2. The van der Waals surface area contributed by atoms with E-state index in [1.165, 1.54) is 18.2 Å². The molecule has 1 heterocycles. The van der Waals surface area contributed by atoms with Crippen molar-refractivity contribution in [3.05, 3.63) is 73.3 Å². The van der Waals surface area contributed by atoms with E-state index in [4.69, 9.17) is 4.42 Å². The Morgan fingerprint density at radius 1 is 0.963 bits per heavy atom. The van der Waals surface area contributed by atoms with Gasteiger partial charge in [-0.25, -0.2) is 4.79 Å². The third-order valence-electron chi connectivity index (χ3n) is 4.29. The highest BCUT2D eigenvalue weighted by Crippen LogP contribution is 2.46. The van der Waals surface area contributed by atoms with E-state index in [2.05, 4.69) is 31.9 Å². The molecule has 1 aliphatic heterocycles. The predicted octanol–water partition coefficient (Wildman–Crippen LogP) is 4.86. The fourth-order valence-corrected chi connectivity index (χ4v) is 3.95. The summed E-state index contributed by atoms with van der Waals surface area (Å²) in [5, 5.41) is 22.3. The molecule has 0 radical (unpaired) electrons. The van der Waals surface area contributed by atoms with Gasteiger partial charge >= 0.3 is 5.97 Å². The molecule has 4 rings (SSSR count). The maximum Gasteiger partial charge on any atom is 0.336 e. The topological polar surface area (TPSA) is 90.6 Å². The highest BCUT2D eigenvalue weighted by molar-refractivity contribution is 9.11. The van der Waals surface area contributed by atoms with Gasteiger partial charge in [-0.3, -0.25) is 4.79 Å². The van der Waals surface area contributed by atoms with Crippen molar-refractivity contribution >= 4 is 48.8 Å². The predicted molar refractivity (Wildman–Crippen MR) is 106 cm³/mol. The first-order valence-electron chi connectivity index (χ1n) is 7.77. The van der Waals surface area contributed by atoms with E-state index in [-0.39, 0.29) is 37.0 Å². The van der Waals surface area contributed by atoms with Crippen LogP contribution in [0.15, 0.2) is 66.7 Å². The van der Waals surface area contributed by atoms with Crippen molar-refractivity contribution in [2.45, 2.75) is 0 Å². The Bertz CT molecular complexity index is 1260. The van der Waals surface area contributed by atoms with Gasteiger partial charge in [0.2, 0.25) is 0 Å². The Hall–Kier alpha value is -2.64. The van der Waals surface area contributed by atoms with E-state index < -0.39 is 5.97 Å². The minimum Gasteiger partial charge on any atom is -0.872 e. The lowest BCUT2D eigenvalue weighted by Gasteiger charge is -2.19. The molecule has 2 aromatic rings. The van der Waals surface area contributed by atoms with Crippen molar-refractivity contribution in [1.82, 2.24) is 0 Å². The second-order valence-electron chi connectivity index (χ2n) is 5.84. The van der Waals surface area contributed by atoms with Gasteiger partial charge < -0.3 is 14.6 Å². The summed E-state index contributed by atoms with van der Waals surface area (Å²) in [6.45, 7) is 0. The van der Waals surface area contributed by atoms with E-state index in [9.17, 15) is 19.8 Å². The van der Waals surface area contributed by atoms with Gasteiger partial charge in [0.1, 0.15) is 10.1 Å². The van der Waals surface area contributed by atoms with E-state index in [1.54, 1.807) is 30.3 Å². The van der Waals surface area contributed by atoms with Gasteiger partial charge in [-0.15, -0.1) is 0 Å². The highest BCUT2D eigenvalue weighted by Gasteiger charge is 2.24. The third kappa shape index (κ3) is 2.74. The van der Waals surface area contributed by atoms with Crippen LogP contribution in [-0.4, -0.2) is 11.1 Å². The van der Waals surface area contributed by atoms with Crippen LogP contribution in [0, 0.1) is 0 Å². The van der Waals surface area contributed by atoms with Crippen LogP contribution >= 0.6 is 31.9 Å².